The van der Waals surface area contributed by atoms with Gasteiger partial charge in [0, 0.05) is 25.2 Å². The number of piperidine rings is 1. The van der Waals surface area contributed by atoms with Crippen molar-refractivity contribution in [3.05, 3.63) is 59.5 Å². The number of carbonyl (C=O) groups excluding carboxylic acids is 1. The van der Waals surface area contributed by atoms with E-state index in [4.69, 9.17) is 4.99 Å². The SMILES string of the molecule is Cc1ccn(C(=O)C2CCN(S(=O)(=O)c3ccccc3F)CC2)c(=NC2CCCCC2)c1. The fraction of sp³-hybridized carbons (Fsp3) is 0.500. The minimum Gasteiger partial charge on any atom is -0.274 e. The van der Waals surface area contributed by atoms with Crippen LogP contribution in [-0.2, 0) is 10.0 Å². The van der Waals surface area contributed by atoms with Crippen LogP contribution in [-0.4, -0.2) is 42.3 Å². The third kappa shape index (κ3) is 4.86. The summed E-state index contributed by atoms with van der Waals surface area (Å²) in [5, 5.41) is 0. The van der Waals surface area contributed by atoms with Crippen LogP contribution in [0.4, 0.5) is 4.39 Å². The normalized spacial score (nSPS) is 19.9. The summed E-state index contributed by atoms with van der Waals surface area (Å²) in [6, 6.07) is 9.50. The van der Waals surface area contributed by atoms with Gasteiger partial charge >= 0.3 is 0 Å². The van der Waals surface area contributed by atoms with Gasteiger partial charge in [0.25, 0.3) is 0 Å². The molecule has 0 unspecified atom stereocenters. The van der Waals surface area contributed by atoms with E-state index in [1.165, 1.54) is 41.8 Å². The number of rotatable bonds is 4. The van der Waals surface area contributed by atoms with Gasteiger partial charge in [-0.3, -0.25) is 14.4 Å². The molecule has 1 aromatic carbocycles. The Balaban J connectivity index is 1.51. The van der Waals surface area contributed by atoms with Gasteiger partial charge in [0.2, 0.25) is 15.9 Å². The number of hydrogen-bond donors (Lipinski definition) is 0. The molecule has 2 fully saturated rings. The molecule has 1 aromatic heterocycles. The first-order valence-electron chi connectivity index (χ1n) is 11.4. The van der Waals surface area contributed by atoms with Crippen molar-refractivity contribution in [3.63, 3.8) is 0 Å². The lowest BCUT2D eigenvalue weighted by Crippen LogP contribution is -2.43. The van der Waals surface area contributed by atoms with Crippen molar-refractivity contribution in [2.45, 2.75) is 62.8 Å². The van der Waals surface area contributed by atoms with E-state index in [0.29, 0.717) is 18.3 Å². The van der Waals surface area contributed by atoms with Crippen molar-refractivity contribution in [3.8, 4) is 0 Å². The van der Waals surface area contributed by atoms with E-state index >= 15 is 0 Å². The Morgan fingerprint density at radius 3 is 2.41 bits per heavy atom. The summed E-state index contributed by atoms with van der Waals surface area (Å²) in [6.07, 6.45) is 8.26. The second kappa shape index (κ2) is 9.67. The van der Waals surface area contributed by atoms with Gasteiger partial charge in [0.15, 0.2) is 0 Å². The standard InChI is InChI=1S/C24H30FN3O3S/c1-18-11-16-28(23(17-18)26-20-7-3-2-4-8-20)24(29)19-12-14-27(15-13-19)32(30,31)22-10-6-5-9-21(22)25/h5-6,9-11,16-17,19-20H,2-4,7-8,12-15H2,1H3. The molecule has 2 aromatic rings. The summed E-state index contributed by atoms with van der Waals surface area (Å²) in [5.74, 6) is -1.10. The van der Waals surface area contributed by atoms with Crippen LogP contribution >= 0.6 is 0 Å². The average molecular weight is 460 g/mol. The number of sulfonamides is 1. The van der Waals surface area contributed by atoms with E-state index in [-0.39, 0.29) is 35.9 Å². The molecule has 1 aliphatic carbocycles. The van der Waals surface area contributed by atoms with Crippen LogP contribution in [0, 0.1) is 18.7 Å². The van der Waals surface area contributed by atoms with Gasteiger partial charge in [0.1, 0.15) is 16.2 Å². The number of aryl methyl sites for hydroxylation is 1. The minimum atomic E-state index is -3.92. The smallest absolute Gasteiger partial charge is 0.245 e. The number of aromatic nitrogens is 1. The highest BCUT2D eigenvalue weighted by molar-refractivity contribution is 7.89. The molecule has 0 bridgehead atoms. The Morgan fingerprint density at radius 2 is 1.72 bits per heavy atom. The van der Waals surface area contributed by atoms with Gasteiger partial charge in [-0.05, 0) is 62.4 Å². The summed E-state index contributed by atoms with van der Waals surface area (Å²) in [7, 11) is -3.92. The molecule has 1 saturated carbocycles. The lowest BCUT2D eigenvalue weighted by Gasteiger charge is -2.30. The van der Waals surface area contributed by atoms with Crippen LogP contribution in [0.25, 0.3) is 0 Å². The number of nitrogens with zero attached hydrogens (tertiary/aromatic N) is 3. The van der Waals surface area contributed by atoms with Crippen LogP contribution in [0.2, 0.25) is 0 Å². The molecule has 0 radical (unpaired) electrons. The number of hydrogen-bond acceptors (Lipinski definition) is 4. The zero-order valence-electron chi connectivity index (χ0n) is 18.4. The van der Waals surface area contributed by atoms with Crippen molar-refractivity contribution in [1.29, 1.82) is 0 Å². The average Bonchev–Trinajstić information content (AvgIpc) is 2.80. The second-order valence-corrected chi connectivity index (χ2v) is 10.7. The summed E-state index contributed by atoms with van der Waals surface area (Å²) < 4.78 is 42.7. The molecule has 1 saturated heterocycles. The summed E-state index contributed by atoms with van der Waals surface area (Å²) >= 11 is 0. The summed E-state index contributed by atoms with van der Waals surface area (Å²) in [6.45, 7) is 2.37. The largest absolute Gasteiger partial charge is 0.274 e. The summed E-state index contributed by atoms with van der Waals surface area (Å²) in [4.78, 5) is 17.9. The molecule has 0 spiro atoms. The monoisotopic (exact) mass is 459 g/mol. The number of carbonyl (C=O) groups is 1. The first-order chi connectivity index (χ1) is 15.4. The van der Waals surface area contributed by atoms with E-state index in [9.17, 15) is 17.6 Å². The molecule has 8 heteroatoms. The Kier molecular flexibility index (Phi) is 6.90. The molecule has 6 nitrogen and oxygen atoms in total. The maximum Gasteiger partial charge on any atom is 0.245 e. The first-order valence-corrected chi connectivity index (χ1v) is 12.8. The predicted octanol–water partition coefficient (Wildman–Crippen LogP) is 3.91. The fourth-order valence-corrected chi connectivity index (χ4v) is 6.14. The van der Waals surface area contributed by atoms with E-state index in [0.717, 1.165) is 24.5 Å². The lowest BCUT2D eigenvalue weighted by molar-refractivity contribution is 0.0780. The number of pyridine rings is 1. The highest BCUT2D eigenvalue weighted by atomic mass is 32.2. The van der Waals surface area contributed by atoms with E-state index in [1.54, 1.807) is 10.8 Å². The zero-order valence-corrected chi connectivity index (χ0v) is 19.2. The maximum absolute atomic E-state index is 14.1. The molecule has 32 heavy (non-hydrogen) atoms. The quantitative estimate of drug-likeness (QED) is 0.696. The first kappa shape index (κ1) is 22.9. The highest BCUT2D eigenvalue weighted by Crippen LogP contribution is 2.26. The minimum absolute atomic E-state index is 0.0532. The highest BCUT2D eigenvalue weighted by Gasteiger charge is 2.34. The van der Waals surface area contributed by atoms with Gasteiger partial charge in [-0.25, -0.2) is 12.8 Å². The van der Waals surface area contributed by atoms with Crippen LogP contribution < -0.4 is 5.49 Å². The van der Waals surface area contributed by atoms with Crippen LogP contribution in [0.3, 0.4) is 0 Å². The lowest BCUT2D eigenvalue weighted by atomic mass is 9.96. The molecule has 1 aliphatic heterocycles. The maximum atomic E-state index is 14.1. The van der Waals surface area contributed by atoms with Crippen molar-refractivity contribution in [2.24, 2.45) is 10.9 Å². The van der Waals surface area contributed by atoms with E-state index in [1.807, 2.05) is 19.1 Å². The van der Waals surface area contributed by atoms with E-state index in [2.05, 4.69) is 0 Å². The molecule has 0 amide bonds. The molecule has 172 valence electrons. The number of benzene rings is 1. The Bertz CT molecular complexity index is 1150. The van der Waals surface area contributed by atoms with Crippen LogP contribution in [0.5, 0.6) is 0 Å². The Hall–Kier alpha value is -2.32. The summed E-state index contributed by atoms with van der Waals surface area (Å²) in [5.41, 5.74) is 1.73. The third-order valence-corrected chi connectivity index (χ3v) is 8.41. The zero-order chi connectivity index (χ0) is 22.7. The topological polar surface area (TPSA) is 71.7 Å². The fourth-order valence-electron chi connectivity index (χ4n) is 4.61. The molecule has 2 heterocycles. The molecule has 2 aliphatic rings. The van der Waals surface area contributed by atoms with E-state index < -0.39 is 15.8 Å². The third-order valence-electron chi connectivity index (χ3n) is 6.47. The second-order valence-electron chi connectivity index (χ2n) is 8.80. The Labute approximate surface area is 188 Å². The predicted molar refractivity (Wildman–Crippen MR) is 120 cm³/mol. The van der Waals surface area contributed by atoms with Gasteiger partial charge in [-0.15, -0.1) is 0 Å². The molecule has 4 rings (SSSR count). The van der Waals surface area contributed by atoms with Crippen LogP contribution in [0.15, 0.2) is 52.5 Å². The van der Waals surface area contributed by atoms with Gasteiger partial charge in [-0.2, -0.15) is 4.31 Å². The molecule has 0 atom stereocenters. The van der Waals surface area contributed by atoms with Gasteiger partial charge in [0.05, 0.1) is 6.04 Å². The molecular weight excluding hydrogens is 429 g/mol. The number of halogens is 1. The van der Waals surface area contributed by atoms with Crippen molar-refractivity contribution in [2.75, 3.05) is 13.1 Å². The van der Waals surface area contributed by atoms with Crippen LogP contribution in [0.1, 0.15) is 55.3 Å². The van der Waals surface area contributed by atoms with Gasteiger partial charge in [-0.1, -0.05) is 31.4 Å². The van der Waals surface area contributed by atoms with Gasteiger partial charge < -0.3 is 0 Å². The molecular formula is C24H30FN3O3S. The van der Waals surface area contributed by atoms with Crippen molar-refractivity contribution < 1.29 is 17.6 Å². The van der Waals surface area contributed by atoms with Crippen molar-refractivity contribution in [1.82, 2.24) is 8.87 Å². The van der Waals surface area contributed by atoms with Crippen molar-refractivity contribution >= 4 is 15.9 Å². The Morgan fingerprint density at radius 1 is 1.03 bits per heavy atom. The molecule has 0 N–H and O–H groups in total.